The Labute approximate surface area is 126 Å². The molecular formula is C19H13N3. The van der Waals surface area contributed by atoms with Crippen LogP contribution in [-0.2, 0) is 0 Å². The number of rotatable bonds is 1. The van der Waals surface area contributed by atoms with Gasteiger partial charge in [-0.15, -0.1) is 0 Å². The molecule has 0 unspecified atom stereocenters. The largest absolute Gasteiger partial charge is 0.323 e. The number of nitrogens with zero attached hydrogens (tertiary/aromatic N) is 2. The summed E-state index contributed by atoms with van der Waals surface area (Å²) >= 11 is 0. The number of benzene rings is 3. The molecule has 0 aliphatic rings. The van der Waals surface area contributed by atoms with Crippen LogP contribution in [0.2, 0.25) is 0 Å². The molecular weight excluding hydrogens is 270 g/mol. The van der Waals surface area contributed by atoms with Crippen LogP contribution in [0.3, 0.4) is 0 Å². The topological polar surface area (TPSA) is 33.6 Å². The quantitative estimate of drug-likeness (QED) is 0.477. The molecule has 5 rings (SSSR count). The van der Waals surface area contributed by atoms with Gasteiger partial charge in [-0.05, 0) is 24.3 Å². The molecule has 3 nitrogen and oxygen atoms in total. The fourth-order valence-corrected chi connectivity index (χ4v) is 3.20. The van der Waals surface area contributed by atoms with E-state index in [9.17, 15) is 0 Å². The van der Waals surface area contributed by atoms with Gasteiger partial charge in [-0.25, -0.2) is 4.98 Å². The molecule has 0 aliphatic heterocycles. The van der Waals surface area contributed by atoms with Crippen molar-refractivity contribution in [1.82, 2.24) is 14.5 Å². The normalized spacial score (nSPS) is 11.6. The number of aromatic amines is 1. The van der Waals surface area contributed by atoms with Gasteiger partial charge in [0.15, 0.2) is 0 Å². The molecule has 3 aromatic carbocycles. The molecule has 0 radical (unpaired) electrons. The Bertz CT molecular complexity index is 1040. The number of H-pyrrole nitrogens is 1. The fraction of sp³-hybridized carbons (Fsp3) is 0. The second kappa shape index (κ2) is 4.21. The van der Waals surface area contributed by atoms with Crippen molar-refractivity contribution in [3.05, 3.63) is 72.8 Å². The Morgan fingerprint density at radius 1 is 0.682 bits per heavy atom. The highest BCUT2D eigenvalue weighted by Crippen LogP contribution is 2.31. The van der Waals surface area contributed by atoms with E-state index in [0.29, 0.717) is 0 Å². The average Bonchev–Trinajstić information content (AvgIpc) is 3.13. The van der Waals surface area contributed by atoms with E-state index in [4.69, 9.17) is 4.98 Å². The zero-order chi connectivity index (χ0) is 14.5. The van der Waals surface area contributed by atoms with Gasteiger partial charge in [-0.2, -0.15) is 0 Å². The maximum absolute atomic E-state index is 4.76. The third-order valence-corrected chi connectivity index (χ3v) is 4.17. The monoisotopic (exact) mass is 283 g/mol. The molecule has 0 saturated heterocycles. The van der Waals surface area contributed by atoms with Crippen LogP contribution in [-0.4, -0.2) is 14.5 Å². The van der Waals surface area contributed by atoms with Crippen LogP contribution in [0.1, 0.15) is 0 Å². The predicted octanol–water partition coefficient (Wildman–Crippen LogP) is 4.66. The van der Waals surface area contributed by atoms with E-state index in [1.54, 1.807) is 0 Å². The number of nitrogens with one attached hydrogen (secondary N) is 1. The lowest BCUT2D eigenvalue weighted by molar-refractivity contribution is 1.05. The lowest BCUT2D eigenvalue weighted by Crippen LogP contribution is -1.95. The van der Waals surface area contributed by atoms with E-state index in [1.165, 1.54) is 21.8 Å². The summed E-state index contributed by atoms with van der Waals surface area (Å²) in [4.78, 5) is 8.20. The zero-order valence-electron chi connectivity index (χ0n) is 11.8. The Hall–Kier alpha value is -3.07. The SMILES string of the molecule is c1ccc2[nH]c(-n3c4ccccc4c4ccccc43)nc2c1. The maximum Gasteiger partial charge on any atom is 0.213 e. The summed E-state index contributed by atoms with van der Waals surface area (Å²) in [6, 6.07) is 25.0. The molecule has 3 heteroatoms. The number of hydrogen-bond acceptors (Lipinski definition) is 1. The summed E-state index contributed by atoms with van der Waals surface area (Å²) < 4.78 is 2.20. The average molecular weight is 283 g/mol. The number of imidazole rings is 1. The zero-order valence-corrected chi connectivity index (χ0v) is 11.8. The van der Waals surface area contributed by atoms with Crippen LogP contribution in [0.25, 0.3) is 38.8 Å². The van der Waals surface area contributed by atoms with E-state index >= 15 is 0 Å². The molecule has 5 aromatic rings. The van der Waals surface area contributed by atoms with Gasteiger partial charge in [-0.3, -0.25) is 4.57 Å². The van der Waals surface area contributed by atoms with Gasteiger partial charge < -0.3 is 4.98 Å². The molecule has 0 bridgehead atoms. The Balaban J connectivity index is 1.96. The van der Waals surface area contributed by atoms with E-state index in [-0.39, 0.29) is 0 Å². The third-order valence-electron chi connectivity index (χ3n) is 4.17. The second-order valence-corrected chi connectivity index (χ2v) is 5.45. The van der Waals surface area contributed by atoms with Crippen LogP contribution < -0.4 is 0 Å². The molecule has 104 valence electrons. The lowest BCUT2D eigenvalue weighted by atomic mass is 10.2. The fourth-order valence-electron chi connectivity index (χ4n) is 3.20. The first-order valence-electron chi connectivity index (χ1n) is 7.35. The summed E-state index contributed by atoms with van der Waals surface area (Å²) in [5.41, 5.74) is 4.38. The molecule has 2 heterocycles. The lowest BCUT2D eigenvalue weighted by Gasteiger charge is -2.02. The highest BCUT2D eigenvalue weighted by atomic mass is 15.2. The van der Waals surface area contributed by atoms with Gasteiger partial charge in [0.2, 0.25) is 5.95 Å². The van der Waals surface area contributed by atoms with Crippen molar-refractivity contribution in [3.63, 3.8) is 0 Å². The van der Waals surface area contributed by atoms with Gasteiger partial charge >= 0.3 is 0 Å². The van der Waals surface area contributed by atoms with Crippen LogP contribution in [0.5, 0.6) is 0 Å². The maximum atomic E-state index is 4.76. The Morgan fingerprint density at radius 3 is 1.95 bits per heavy atom. The summed E-state index contributed by atoms with van der Waals surface area (Å²) in [5, 5.41) is 2.50. The Morgan fingerprint density at radius 2 is 1.27 bits per heavy atom. The molecule has 0 spiro atoms. The second-order valence-electron chi connectivity index (χ2n) is 5.45. The number of fused-ring (bicyclic) bond motifs is 4. The van der Waals surface area contributed by atoms with Gasteiger partial charge in [0.1, 0.15) is 0 Å². The number of para-hydroxylation sites is 4. The van der Waals surface area contributed by atoms with Gasteiger partial charge in [0.25, 0.3) is 0 Å². The van der Waals surface area contributed by atoms with Crippen LogP contribution in [0.4, 0.5) is 0 Å². The van der Waals surface area contributed by atoms with Crippen molar-refractivity contribution in [2.24, 2.45) is 0 Å². The molecule has 0 aliphatic carbocycles. The molecule has 22 heavy (non-hydrogen) atoms. The number of hydrogen-bond donors (Lipinski definition) is 1. The van der Waals surface area contributed by atoms with Crippen LogP contribution in [0, 0.1) is 0 Å². The minimum absolute atomic E-state index is 0.860. The van der Waals surface area contributed by atoms with Crippen molar-refractivity contribution < 1.29 is 0 Å². The van der Waals surface area contributed by atoms with E-state index < -0.39 is 0 Å². The molecule has 0 atom stereocenters. The first-order chi connectivity index (χ1) is 10.9. The highest BCUT2D eigenvalue weighted by Gasteiger charge is 2.13. The van der Waals surface area contributed by atoms with Crippen molar-refractivity contribution in [1.29, 1.82) is 0 Å². The van der Waals surface area contributed by atoms with E-state index in [1.807, 2.05) is 18.2 Å². The van der Waals surface area contributed by atoms with Crippen molar-refractivity contribution in [2.45, 2.75) is 0 Å². The molecule has 2 aromatic heterocycles. The van der Waals surface area contributed by atoms with Gasteiger partial charge in [-0.1, -0.05) is 48.5 Å². The van der Waals surface area contributed by atoms with E-state index in [0.717, 1.165) is 17.0 Å². The van der Waals surface area contributed by atoms with Crippen molar-refractivity contribution in [2.75, 3.05) is 0 Å². The van der Waals surface area contributed by atoms with Crippen LogP contribution in [0.15, 0.2) is 72.8 Å². The molecule has 0 fully saturated rings. The molecule has 0 saturated carbocycles. The Kier molecular flexibility index (Phi) is 2.22. The van der Waals surface area contributed by atoms with E-state index in [2.05, 4.69) is 64.1 Å². The minimum atomic E-state index is 0.860. The first kappa shape index (κ1) is 11.6. The van der Waals surface area contributed by atoms with Gasteiger partial charge in [0, 0.05) is 10.8 Å². The summed E-state index contributed by atoms with van der Waals surface area (Å²) in [7, 11) is 0. The predicted molar refractivity (Wildman–Crippen MR) is 90.4 cm³/mol. The molecule has 1 N–H and O–H groups in total. The van der Waals surface area contributed by atoms with Crippen molar-refractivity contribution >= 4 is 32.8 Å². The third kappa shape index (κ3) is 1.48. The minimum Gasteiger partial charge on any atom is -0.323 e. The molecule has 0 amide bonds. The summed E-state index contributed by atoms with van der Waals surface area (Å²) in [5.74, 6) is 0.860. The number of aromatic nitrogens is 3. The van der Waals surface area contributed by atoms with Gasteiger partial charge in [0.05, 0.1) is 22.1 Å². The standard InChI is InChI=1S/C19H13N3/c1-5-11-17-13(7-1)14-8-2-6-12-18(14)22(17)19-20-15-9-3-4-10-16(15)21-19/h1-12H,(H,20,21). The first-order valence-corrected chi connectivity index (χ1v) is 7.35. The van der Waals surface area contributed by atoms with Crippen LogP contribution >= 0.6 is 0 Å². The summed E-state index contributed by atoms with van der Waals surface area (Å²) in [6.07, 6.45) is 0. The summed E-state index contributed by atoms with van der Waals surface area (Å²) in [6.45, 7) is 0. The van der Waals surface area contributed by atoms with Crippen molar-refractivity contribution in [3.8, 4) is 5.95 Å². The smallest absolute Gasteiger partial charge is 0.213 e. The highest BCUT2D eigenvalue weighted by molar-refractivity contribution is 6.09.